The Balaban J connectivity index is 1.99. The summed E-state index contributed by atoms with van der Waals surface area (Å²) < 4.78 is 13.5. The summed E-state index contributed by atoms with van der Waals surface area (Å²) in [6.45, 7) is 0.0446. The van der Waals surface area contributed by atoms with Crippen molar-refractivity contribution in [3.8, 4) is 0 Å². The first-order valence-electron chi connectivity index (χ1n) is 7.59. The smallest absolute Gasteiger partial charge is 0.315 e. The second-order valence-electron chi connectivity index (χ2n) is 5.57. The lowest BCUT2D eigenvalue weighted by Gasteiger charge is -2.27. The topological polar surface area (TPSA) is 61.4 Å². The molecule has 6 heteroatoms. The first kappa shape index (κ1) is 17.1. The van der Waals surface area contributed by atoms with Crippen LogP contribution in [0.3, 0.4) is 0 Å². The van der Waals surface area contributed by atoms with E-state index in [1.54, 1.807) is 17.8 Å². The highest BCUT2D eigenvalue weighted by Gasteiger charge is 2.23. The molecule has 0 aliphatic heterocycles. The molecule has 1 aliphatic rings. The van der Waals surface area contributed by atoms with Crippen molar-refractivity contribution in [1.29, 1.82) is 0 Å². The Morgan fingerprint density at radius 1 is 1.55 bits per heavy atom. The summed E-state index contributed by atoms with van der Waals surface area (Å²) in [6.07, 6.45) is 5.22. The van der Waals surface area contributed by atoms with Gasteiger partial charge >= 0.3 is 6.03 Å². The summed E-state index contributed by atoms with van der Waals surface area (Å²) in [4.78, 5) is 12.2. The van der Waals surface area contributed by atoms with Crippen molar-refractivity contribution in [3.63, 3.8) is 0 Å². The number of hydrogen-bond donors (Lipinski definition) is 3. The van der Waals surface area contributed by atoms with Crippen LogP contribution in [-0.2, 0) is 6.42 Å². The number of benzene rings is 1. The van der Waals surface area contributed by atoms with E-state index in [4.69, 9.17) is 5.11 Å². The van der Waals surface area contributed by atoms with Gasteiger partial charge in [-0.2, -0.15) is 11.8 Å². The van der Waals surface area contributed by atoms with E-state index in [0.29, 0.717) is 6.42 Å². The molecule has 0 aromatic heterocycles. The Hall–Kier alpha value is -1.27. The number of aliphatic hydroxyl groups is 1. The summed E-state index contributed by atoms with van der Waals surface area (Å²) in [7, 11) is 0. The van der Waals surface area contributed by atoms with Gasteiger partial charge in [0.1, 0.15) is 5.82 Å². The van der Waals surface area contributed by atoms with Crippen LogP contribution in [-0.4, -0.2) is 35.8 Å². The lowest BCUT2D eigenvalue weighted by molar-refractivity contribution is 0.226. The second kappa shape index (κ2) is 8.39. The van der Waals surface area contributed by atoms with Crippen LogP contribution in [0.15, 0.2) is 18.2 Å². The molecular formula is C16H23FN2O2S. The van der Waals surface area contributed by atoms with Crippen LogP contribution in [0.1, 0.15) is 36.4 Å². The minimum absolute atomic E-state index is 0.0446. The molecule has 122 valence electrons. The van der Waals surface area contributed by atoms with E-state index >= 15 is 0 Å². The van der Waals surface area contributed by atoms with E-state index in [9.17, 15) is 9.18 Å². The Morgan fingerprint density at radius 2 is 2.36 bits per heavy atom. The van der Waals surface area contributed by atoms with Gasteiger partial charge in [0.15, 0.2) is 0 Å². The molecule has 2 rings (SSSR count). The molecule has 0 fully saturated rings. The maximum Gasteiger partial charge on any atom is 0.315 e. The number of aliphatic hydroxyl groups excluding tert-OH is 1. The van der Waals surface area contributed by atoms with E-state index in [1.807, 2.05) is 6.26 Å². The number of rotatable bonds is 6. The van der Waals surface area contributed by atoms with Crippen LogP contribution in [0.2, 0.25) is 0 Å². The van der Waals surface area contributed by atoms with Gasteiger partial charge in [0.05, 0.1) is 6.04 Å². The number of thioether (sulfide) groups is 1. The SMILES string of the molecule is CSCC(CCO)NC(=O)NC1CCCc2ccc(F)cc21. The molecule has 2 unspecified atom stereocenters. The van der Waals surface area contributed by atoms with Gasteiger partial charge in [-0.25, -0.2) is 9.18 Å². The van der Waals surface area contributed by atoms with Crippen molar-refractivity contribution in [2.45, 2.75) is 37.8 Å². The first-order valence-corrected chi connectivity index (χ1v) is 8.98. The van der Waals surface area contributed by atoms with Gasteiger partial charge in [0, 0.05) is 18.4 Å². The van der Waals surface area contributed by atoms with Crippen molar-refractivity contribution in [1.82, 2.24) is 10.6 Å². The van der Waals surface area contributed by atoms with E-state index < -0.39 is 0 Å². The number of fused-ring (bicyclic) bond motifs is 1. The molecule has 0 spiro atoms. The van der Waals surface area contributed by atoms with Crippen molar-refractivity contribution >= 4 is 17.8 Å². The lowest BCUT2D eigenvalue weighted by atomic mass is 9.87. The molecule has 1 aliphatic carbocycles. The molecule has 0 saturated heterocycles. The minimum Gasteiger partial charge on any atom is -0.396 e. The summed E-state index contributed by atoms with van der Waals surface area (Å²) in [6, 6.07) is 4.33. The number of nitrogens with one attached hydrogen (secondary N) is 2. The van der Waals surface area contributed by atoms with Gasteiger partial charge in [-0.3, -0.25) is 0 Å². The molecule has 3 N–H and O–H groups in total. The third-order valence-corrected chi connectivity index (χ3v) is 4.64. The van der Waals surface area contributed by atoms with E-state index in [-0.39, 0.29) is 30.5 Å². The van der Waals surface area contributed by atoms with E-state index in [1.165, 1.54) is 12.1 Å². The molecule has 1 aromatic carbocycles. The Labute approximate surface area is 134 Å². The van der Waals surface area contributed by atoms with Crippen LogP contribution in [0.25, 0.3) is 0 Å². The van der Waals surface area contributed by atoms with Gasteiger partial charge in [-0.05, 0) is 55.2 Å². The fraction of sp³-hybridized carbons (Fsp3) is 0.562. The second-order valence-corrected chi connectivity index (χ2v) is 6.48. The number of urea groups is 1. The molecule has 1 aromatic rings. The number of amides is 2. The van der Waals surface area contributed by atoms with Crippen molar-refractivity contribution in [3.05, 3.63) is 35.1 Å². The molecule has 2 amide bonds. The van der Waals surface area contributed by atoms with Crippen LogP contribution >= 0.6 is 11.8 Å². The molecule has 22 heavy (non-hydrogen) atoms. The number of carbonyl (C=O) groups is 1. The molecule has 0 saturated carbocycles. The number of halogens is 1. The average molecular weight is 326 g/mol. The Bertz CT molecular complexity index is 507. The Morgan fingerprint density at radius 3 is 3.09 bits per heavy atom. The van der Waals surface area contributed by atoms with Crippen molar-refractivity contribution < 1.29 is 14.3 Å². The monoisotopic (exact) mass is 326 g/mol. The Kier molecular flexibility index (Phi) is 6.51. The lowest BCUT2D eigenvalue weighted by Crippen LogP contribution is -2.45. The average Bonchev–Trinajstić information content (AvgIpc) is 2.48. The highest BCUT2D eigenvalue weighted by atomic mass is 32.2. The maximum atomic E-state index is 13.5. The van der Waals surface area contributed by atoms with Gasteiger partial charge in [-0.15, -0.1) is 0 Å². The van der Waals surface area contributed by atoms with Crippen molar-refractivity contribution in [2.24, 2.45) is 0 Å². The number of hydrogen-bond acceptors (Lipinski definition) is 3. The summed E-state index contributed by atoms with van der Waals surface area (Å²) in [5.74, 6) is 0.484. The minimum atomic E-state index is -0.270. The fourth-order valence-electron chi connectivity index (χ4n) is 2.86. The largest absolute Gasteiger partial charge is 0.396 e. The van der Waals surface area contributed by atoms with Gasteiger partial charge in [-0.1, -0.05) is 6.07 Å². The van der Waals surface area contributed by atoms with Gasteiger partial charge in [0.2, 0.25) is 0 Å². The summed E-state index contributed by atoms with van der Waals surface area (Å²) in [5, 5.41) is 14.9. The van der Waals surface area contributed by atoms with Gasteiger partial charge < -0.3 is 15.7 Å². The van der Waals surface area contributed by atoms with Gasteiger partial charge in [0.25, 0.3) is 0 Å². The predicted octanol–water partition coefficient (Wildman–Crippen LogP) is 2.62. The molecule has 2 atom stereocenters. The summed E-state index contributed by atoms with van der Waals surface area (Å²) in [5.41, 5.74) is 1.99. The fourth-order valence-corrected chi connectivity index (χ4v) is 3.51. The molecular weight excluding hydrogens is 303 g/mol. The van der Waals surface area contributed by atoms with Crippen LogP contribution in [0.4, 0.5) is 9.18 Å². The zero-order valence-electron chi connectivity index (χ0n) is 12.8. The molecule has 0 heterocycles. The third-order valence-electron chi connectivity index (χ3n) is 3.91. The molecule has 0 bridgehead atoms. The quantitative estimate of drug-likeness (QED) is 0.753. The number of aryl methyl sites for hydroxylation is 1. The normalized spacial score (nSPS) is 18.4. The zero-order chi connectivity index (χ0) is 15.9. The van der Waals surface area contributed by atoms with E-state index in [0.717, 1.165) is 36.1 Å². The summed E-state index contributed by atoms with van der Waals surface area (Å²) >= 11 is 1.63. The van der Waals surface area contributed by atoms with Crippen LogP contribution < -0.4 is 10.6 Å². The maximum absolute atomic E-state index is 13.5. The first-order chi connectivity index (χ1) is 10.6. The zero-order valence-corrected chi connectivity index (χ0v) is 13.6. The highest BCUT2D eigenvalue weighted by molar-refractivity contribution is 7.98. The molecule has 4 nitrogen and oxygen atoms in total. The van der Waals surface area contributed by atoms with E-state index in [2.05, 4.69) is 10.6 Å². The van der Waals surface area contributed by atoms with Crippen molar-refractivity contribution in [2.75, 3.05) is 18.6 Å². The third kappa shape index (κ3) is 4.61. The van der Waals surface area contributed by atoms with Crippen LogP contribution in [0, 0.1) is 5.82 Å². The number of carbonyl (C=O) groups excluding carboxylic acids is 1. The standard InChI is InChI=1S/C16H23FN2O2S/c1-22-10-13(7-8-20)18-16(21)19-15-4-2-3-11-5-6-12(17)9-14(11)15/h5-6,9,13,15,20H,2-4,7-8,10H2,1H3,(H2,18,19,21). The molecule has 0 radical (unpaired) electrons. The van der Waals surface area contributed by atoms with Crippen LogP contribution in [0.5, 0.6) is 0 Å². The predicted molar refractivity (Wildman–Crippen MR) is 87.6 cm³/mol. The highest BCUT2D eigenvalue weighted by Crippen LogP contribution is 2.30.